The van der Waals surface area contributed by atoms with Gasteiger partial charge in [-0.05, 0) is 42.5 Å². The molecule has 196 valence electrons. The van der Waals surface area contributed by atoms with Crippen LogP contribution in [-0.2, 0) is 6.16 Å². The predicted molar refractivity (Wildman–Crippen MR) is 137 cm³/mol. The smallest absolute Gasteiger partial charge is 1.00 e. The fraction of sp³-hybridized carbons (Fsp3) is 0.0400. The first-order valence-electron chi connectivity index (χ1n) is 10.6. The van der Waals surface area contributed by atoms with Crippen molar-refractivity contribution in [2.24, 2.45) is 0 Å². The number of rotatable bonds is 6. The molecule has 0 saturated heterocycles. The summed E-state index contributed by atoms with van der Waals surface area (Å²) in [6.07, 6.45) is 0.485. The number of nitro benzene ring substituents is 1. The molecule has 0 aromatic heterocycles. The summed E-state index contributed by atoms with van der Waals surface area (Å²) in [6.45, 7) is 0. The van der Waals surface area contributed by atoms with Gasteiger partial charge in [-0.3, -0.25) is 10.1 Å². The zero-order chi connectivity index (χ0) is 27.4. The quantitative estimate of drug-likeness (QED) is 0.0800. The van der Waals surface area contributed by atoms with Crippen molar-refractivity contribution < 1.29 is 28.3 Å². The zero-order valence-electron chi connectivity index (χ0n) is 20.0. The zero-order valence-corrected chi connectivity index (χ0v) is 22.4. The number of hydrogen-bond donors (Lipinski definition) is 1. The van der Waals surface area contributed by atoms with E-state index in [4.69, 9.17) is 0 Å². The summed E-state index contributed by atoms with van der Waals surface area (Å²) in [5, 5.41) is 25.5. The number of nitrogens with zero attached hydrogens (tertiary/aromatic N) is 1. The summed E-state index contributed by atoms with van der Waals surface area (Å²) in [6, 6.07) is 35.0. The summed E-state index contributed by atoms with van der Waals surface area (Å²) in [7, 11) is -2.23. The predicted octanol–water partition coefficient (Wildman–Crippen LogP) is 7.05. The van der Waals surface area contributed by atoms with Gasteiger partial charge >= 0.3 is 37.8 Å². The van der Waals surface area contributed by atoms with E-state index < -0.39 is 31.7 Å². The average molecular weight is 651 g/mol. The van der Waals surface area contributed by atoms with E-state index >= 15 is 0 Å². The fourth-order valence-electron chi connectivity index (χ4n) is 3.84. The molecule has 0 atom stereocenters. The molecule has 4 rings (SSSR count). The Morgan fingerprint density at radius 1 is 0.703 bits per heavy atom. The second kappa shape index (κ2) is 9.99. The molecule has 4 nitrogen and oxygen atoms in total. The van der Waals surface area contributed by atoms with Gasteiger partial charge in [-0.2, -0.15) is 0 Å². The van der Waals surface area contributed by atoms with Gasteiger partial charge in [0.2, 0.25) is 0 Å². The molecule has 0 bridgehead atoms. The first kappa shape index (κ1) is 28.5. The second-order valence-corrected chi connectivity index (χ2v) is 17.0. The Hall–Kier alpha value is -3.09. The molecule has 0 fully saturated rings. The van der Waals surface area contributed by atoms with E-state index in [2.05, 4.69) is 36.4 Å². The standard InChI is InChI=1S/C25H20NO3P.6FH.Sb/c27-25-17-16-21(26(28)29)18-20(25)19-30(22-10-4-1-5-11-22,23-12-6-2-7-13-23)24-14-8-3-9-15-24;;;;;;;/h1-18H,19H2;6*1H;/q;;;;;;;+5/p-4. The second-order valence-electron chi connectivity index (χ2n) is 8.00. The van der Waals surface area contributed by atoms with E-state index in [1.54, 1.807) is 0 Å². The van der Waals surface area contributed by atoms with E-state index in [-0.39, 0.29) is 12.9 Å². The van der Waals surface area contributed by atoms with Crippen LogP contribution >= 0.6 is 7.26 Å². The minimum Gasteiger partial charge on any atom is 1.00 e. The molecule has 4 aromatic carbocycles. The Morgan fingerprint density at radius 3 is 1.38 bits per heavy atom. The summed E-state index contributed by atoms with van der Waals surface area (Å²) in [4.78, 5) is 11.0. The molecule has 0 aliphatic rings. The van der Waals surface area contributed by atoms with Crippen LogP contribution in [0.5, 0.6) is 5.75 Å². The van der Waals surface area contributed by atoms with Crippen LogP contribution in [-0.4, -0.2) is 29.5 Å². The van der Waals surface area contributed by atoms with Crippen molar-refractivity contribution in [1.29, 1.82) is 0 Å². The van der Waals surface area contributed by atoms with Crippen LogP contribution in [0, 0.1) is 10.1 Å². The maximum absolute atomic E-state index is 11.4. The van der Waals surface area contributed by atoms with E-state index in [0.717, 1.165) is 15.9 Å². The summed E-state index contributed by atoms with van der Waals surface area (Å²) in [5.74, 6) is 0.0766. The number of benzene rings is 4. The van der Waals surface area contributed by atoms with Crippen LogP contribution in [0.15, 0.2) is 109 Å². The molecule has 0 saturated carbocycles. The van der Waals surface area contributed by atoms with E-state index in [9.17, 15) is 32.1 Å². The normalized spacial score (nSPS) is 13.5. The molecule has 0 amide bonds. The third kappa shape index (κ3) is 8.47. The number of aromatic hydroxyl groups is 1. The van der Waals surface area contributed by atoms with Crippen LogP contribution in [0.2, 0.25) is 0 Å². The van der Waals surface area contributed by atoms with Crippen LogP contribution in [0.4, 0.5) is 22.6 Å². The van der Waals surface area contributed by atoms with Gasteiger partial charge in [-0.25, -0.2) is 0 Å². The Balaban J connectivity index is 0.000000561. The minimum atomic E-state index is -11.2. The summed E-state index contributed by atoms with van der Waals surface area (Å²) in [5.41, 5.74) is 0.559. The molecule has 12 heteroatoms. The van der Waals surface area contributed by atoms with Crippen molar-refractivity contribution in [3.8, 4) is 5.75 Å². The number of halogens is 6. The average Bonchev–Trinajstić information content (AvgIpc) is 2.83. The van der Waals surface area contributed by atoms with Gasteiger partial charge in [0.1, 0.15) is 35.1 Å². The maximum Gasteiger partial charge on any atom is 1.00 e. The number of nitro groups is 1. The van der Waals surface area contributed by atoms with Gasteiger partial charge in [-0.15, -0.1) is 0 Å². The van der Waals surface area contributed by atoms with Crippen LogP contribution in [0.1, 0.15) is 6.99 Å². The fourth-order valence-corrected chi connectivity index (χ4v) is 8.09. The van der Waals surface area contributed by atoms with E-state index in [1.165, 1.54) is 18.2 Å². The monoisotopic (exact) mass is 650 g/mol. The summed E-state index contributed by atoms with van der Waals surface area (Å²) >= 11 is -11.2. The van der Waals surface area contributed by atoms with Crippen molar-refractivity contribution in [2.45, 2.75) is 6.16 Å². The molecule has 4 aromatic rings. The summed E-state index contributed by atoms with van der Waals surface area (Å²) < 4.78 is 59.6. The van der Waals surface area contributed by atoms with Crippen molar-refractivity contribution in [3.05, 3.63) is 125 Å². The van der Waals surface area contributed by atoms with Gasteiger partial charge in [0, 0.05) is 17.7 Å². The maximum atomic E-state index is 11.4. The molecule has 0 spiro atoms. The SMILES string of the molecule is O=[N+]([O-])c1ccc(O)c(C[P+](c2ccccc2)(c2ccccc2)c2ccccc2)c1.[F][Sb-]([F])([F])([F])([F])[F].[H+]. The molecule has 1 N–H and O–H groups in total. The molecule has 0 radical (unpaired) electrons. The first-order valence-corrected chi connectivity index (χ1v) is 18.4. The third-order valence-corrected chi connectivity index (χ3v) is 9.63. The number of hydrogen-bond acceptors (Lipinski definition) is 3. The van der Waals surface area contributed by atoms with Crippen molar-refractivity contribution in [2.75, 3.05) is 0 Å². The first-order chi connectivity index (χ1) is 17.1. The Morgan fingerprint density at radius 2 is 1.05 bits per heavy atom. The van der Waals surface area contributed by atoms with Gasteiger partial charge in [0.25, 0.3) is 5.69 Å². The van der Waals surface area contributed by atoms with Crippen molar-refractivity contribution in [1.82, 2.24) is 0 Å². The van der Waals surface area contributed by atoms with Crippen LogP contribution < -0.4 is 15.9 Å². The van der Waals surface area contributed by atoms with E-state index in [0.29, 0.717) is 11.7 Å². The molecule has 37 heavy (non-hydrogen) atoms. The molecular formula is C25H22F6NO3PSb+. The number of non-ortho nitro benzene ring substituents is 1. The molecule has 0 heterocycles. The molecule has 0 aliphatic heterocycles. The minimum absolute atomic E-state index is 0. The van der Waals surface area contributed by atoms with Gasteiger partial charge in [0.15, 0.2) is 0 Å². The van der Waals surface area contributed by atoms with Crippen LogP contribution in [0.25, 0.3) is 0 Å². The molecule has 0 aliphatic carbocycles. The van der Waals surface area contributed by atoms with Gasteiger partial charge in [-0.1, -0.05) is 54.6 Å². The van der Waals surface area contributed by atoms with E-state index in [1.807, 2.05) is 54.6 Å². The Labute approximate surface area is 213 Å². The van der Waals surface area contributed by atoms with Crippen molar-refractivity contribution >= 4 is 48.3 Å². The van der Waals surface area contributed by atoms with Gasteiger partial charge in [0.05, 0.1) is 4.92 Å². The van der Waals surface area contributed by atoms with Crippen molar-refractivity contribution in [3.63, 3.8) is 0 Å². The third-order valence-electron chi connectivity index (χ3n) is 5.27. The largest absolute Gasteiger partial charge is 1.00 e. The number of phenols is 1. The van der Waals surface area contributed by atoms with Crippen LogP contribution in [0.3, 0.4) is 0 Å². The Kier molecular flexibility index (Phi) is 7.69. The number of phenolic OH excluding ortho intramolecular Hbond substituents is 1. The molecular weight excluding hydrogens is 629 g/mol. The topological polar surface area (TPSA) is 63.4 Å². The molecule has 0 unspecified atom stereocenters. The van der Waals surface area contributed by atoms with Gasteiger partial charge < -0.3 is 5.11 Å². The Bertz CT molecular complexity index is 1270.